The highest BCUT2D eigenvalue weighted by molar-refractivity contribution is 5.86. The van der Waals surface area contributed by atoms with Crippen molar-refractivity contribution in [1.29, 1.82) is 0 Å². The second-order valence-electron chi connectivity index (χ2n) is 7.20. The number of nitrogens with one attached hydrogen (secondary N) is 1. The largest absolute Gasteiger partial charge is 0.361 e. The number of hydrogen-bond donors (Lipinski definition) is 1. The molecule has 5 heteroatoms. The highest BCUT2D eigenvalue weighted by atomic mass is 16.5. The predicted molar refractivity (Wildman–Crippen MR) is 96.2 cm³/mol. The molecule has 0 spiro atoms. The predicted octanol–water partition coefficient (Wildman–Crippen LogP) is 3.79. The Morgan fingerprint density at radius 1 is 1.40 bits per heavy atom. The van der Waals surface area contributed by atoms with Crippen molar-refractivity contribution < 1.29 is 9.32 Å². The monoisotopic (exact) mass is 337 g/mol. The van der Waals surface area contributed by atoms with Crippen LogP contribution >= 0.6 is 0 Å². The number of hydrogen-bond acceptors (Lipinski definition) is 3. The van der Waals surface area contributed by atoms with Gasteiger partial charge in [0.15, 0.2) is 0 Å². The fraction of sp³-hybridized carbons (Fsp3) is 0.400. The third-order valence-electron chi connectivity index (χ3n) is 5.03. The summed E-state index contributed by atoms with van der Waals surface area (Å²) >= 11 is 0. The van der Waals surface area contributed by atoms with Crippen LogP contribution in [0.25, 0.3) is 10.9 Å². The van der Waals surface area contributed by atoms with Crippen molar-refractivity contribution in [2.24, 2.45) is 5.92 Å². The number of benzene rings is 1. The Kier molecular flexibility index (Phi) is 3.86. The standard InChI is InChI=1S/C20H23N3O2/c1-12(2)20-19-16(15-6-4-5-7-17(15)21-19)8-9-23(20)18(24)11-14-10-13(3)22-25-14/h4-7,10,12,20-21H,8-9,11H2,1-3H3/t20-/m0/s1. The molecule has 1 N–H and O–H groups in total. The van der Waals surface area contributed by atoms with Gasteiger partial charge in [-0.25, -0.2) is 0 Å². The lowest BCUT2D eigenvalue weighted by Gasteiger charge is -2.38. The average Bonchev–Trinajstić information content (AvgIpc) is 3.16. The van der Waals surface area contributed by atoms with E-state index in [1.165, 1.54) is 16.6 Å². The number of aryl methyl sites for hydroxylation is 1. The number of amides is 1. The number of para-hydroxylation sites is 1. The van der Waals surface area contributed by atoms with Gasteiger partial charge in [-0.05, 0) is 30.9 Å². The number of aromatic amines is 1. The summed E-state index contributed by atoms with van der Waals surface area (Å²) in [4.78, 5) is 18.5. The fourth-order valence-electron chi connectivity index (χ4n) is 3.99. The van der Waals surface area contributed by atoms with E-state index in [2.05, 4.69) is 42.2 Å². The van der Waals surface area contributed by atoms with Crippen LogP contribution in [0.1, 0.15) is 42.6 Å². The molecule has 3 heterocycles. The molecule has 130 valence electrons. The molecule has 3 aromatic rings. The summed E-state index contributed by atoms with van der Waals surface area (Å²) in [7, 11) is 0. The molecule has 25 heavy (non-hydrogen) atoms. The molecule has 0 fully saturated rings. The van der Waals surface area contributed by atoms with Crippen LogP contribution in [0, 0.1) is 12.8 Å². The Labute approximate surface area is 147 Å². The first-order valence-electron chi connectivity index (χ1n) is 8.85. The summed E-state index contributed by atoms with van der Waals surface area (Å²) in [5.41, 5.74) is 4.50. The van der Waals surface area contributed by atoms with E-state index in [1.807, 2.05) is 24.0 Å². The first kappa shape index (κ1) is 15.9. The Bertz CT molecular complexity index is 922. The molecular formula is C20H23N3O2. The van der Waals surface area contributed by atoms with Crippen molar-refractivity contribution in [3.63, 3.8) is 0 Å². The van der Waals surface area contributed by atoms with E-state index >= 15 is 0 Å². The third kappa shape index (κ3) is 2.73. The number of H-pyrrole nitrogens is 1. The van der Waals surface area contributed by atoms with E-state index in [1.54, 1.807) is 0 Å². The smallest absolute Gasteiger partial charge is 0.230 e. The molecule has 4 rings (SSSR count). The van der Waals surface area contributed by atoms with Crippen molar-refractivity contribution in [2.45, 2.75) is 39.7 Å². The van der Waals surface area contributed by atoms with Crippen LogP contribution in [0.2, 0.25) is 0 Å². The van der Waals surface area contributed by atoms with E-state index in [-0.39, 0.29) is 18.4 Å². The molecule has 0 saturated carbocycles. The van der Waals surface area contributed by atoms with Gasteiger partial charge >= 0.3 is 0 Å². The van der Waals surface area contributed by atoms with Crippen LogP contribution in [-0.2, 0) is 17.6 Å². The number of carbonyl (C=O) groups is 1. The quantitative estimate of drug-likeness (QED) is 0.791. The van der Waals surface area contributed by atoms with Gasteiger partial charge in [-0.15, -0.1) is 0 Å². The molecular weight excluding hydrogens is 314 g/mol. The second kappa shape index (κ2) is 6.06. The molecule has 1 atom stereocenters. The summed E-state index contributed by atoms with van der Waals surface area (Å²) in [6, 6.07) is 10.3. The normalized spacial score (nSPS) is 17.3. The summed E-state index contributed by atoms with van der Waals surface area (Å²) < 4.78 is 5.23. The van der Waals surface area contributed by atoms with E-state index in [9.17, 15) is 4.79 Å². The Morgan fingerprint density at radius 2 is 2.20 bits per heavy atom. The zero-order valence-corrected chi connectivity index (χ0v) is 14.9. The maximum Gasteiger partial charge on any atom is 0.230 e. The van der Waals surface area contributed by atoms with Crippen LogP contribution in [0.3, 0.4) is 0 Å². The third-order valence-corrected chi connectivity index (χ3v) is 5.03. The molecule has 0 bridgehead atoms. The molecule has 2 aromatic heterocycles. The average molecular weight is 337 g/mol. The number of nitrogens with zero attached hydrogens (tertiary/aromatic N) is 2. The topological polar surface area (TPSA) is 62.1 Å². The zero-order valence-electron chi connectivity index (χ0n) is 14.9. The van der Waals surface area contributed by atoms with Crippen molar-refractivity contribution in [3.05, 3.63) is 53.0 Å². The van der Waals surface area contributed by atoms with Crippen LogP contribution in [0.5, 0.6) is 0 Å². The molecule has 1 aliphatic heterocycles. The number of carbonyl (C=O) groups excluding carboxylic acids is 1. The summed E-state index contributed by atoms with van der Waals surface area (Å²) in [6.07, 6.45) is 1.14. The van der Waals surface area contributed by atoms with E-state index in [4.69, 9.17) is 4.52 Å². The van der Waals surface area contributed by atoms with Crippen molar-refractivity contribution >= 4 is 16.8 Å². The lowest BCUT2D eigenvalue weighted by Crippen LogP contribution is -2.43. The van der Waals surface area contributed by atoms with Gasteiger partial charge in [0.25, 0.3) is 0 Å². The first-order valence-corrected chi connectivity index (χ1v) is 8.85. The summed E-state index contributed by atoms with van der Waals surface area (Å²) in [5.74, 6) is 1.05. The van der Waals surface area contributed by atoms with Crippen molar-refractivity contribution in [1.82, 2.24) is 15.0 Å². The van der Waals surface area contributed by atoms with Gasteiger partial charge in [0.1, 0.15) is 5.76 Å². The molecule has 5 nitrogen and oxygen atoms in total. The lowest BCUT2D eigenvalue weighted by atomic mass is 9.90. The Morgan fingerprint density at radius 3 is 2.92 bits per heavy atom. The highest BCUT2D eigenvalue weighted by Gasteiger charge is 2.35. The van der Waals surface area contributed by atoms with E-state index < -0.39 is 0 Å². The van der Waals surface area contributed by atoms with Crippen molar-refractivity contribution in [3.8, 4) is 0 Å². The molecule has 1 aliphatic rings. The molecule has 0 saturated heterocycles. The zero-order chi connectivity index (χ0) is 17.6. The molecule has 1 amide bonds. The Hall–Kier alpha value is -2.56. The lowest BCUT2D eigenvalue weighted by molar-refractivity contribution is -0.134. The highest BCUT2D eigenvalue weighted by Crippen LogP contribution is 2.38. The molecule has 0 radical (unpaired) electrons. The van der Waals surface area contributed by atoms with Crippen LogP contribution in [0.15, 0.2) is 34.9 Å². The van der Waals surface area contributed by atoms with E-state index in [0.717, 1.165) is 24.2 Å². The maximum atomic E-state index is 12.9. The van der Waals surface area contributed by atoms with Gasteiger partial charge in [0.2, 0.25) is 5.91 Å². The maximum absolute atomic E-state index is 12.9. The number of aromatic nitrogens is 2. The molecule has 0 aliphatic carbocycles. The van der Waals surface area contributed by atoms with Crippen LogP contribution in [0.4, 0.5) is 0 Å². The fourth-order valence-corrected chi connectivity index (χ4v) is 3.99. The summed E-state index contributed by atoms with van der Waals surface area (Å²) in [6.45, 7) is 6.95. The summed E-state index contributed by atoms with van der Waals surface area (Å²) in [5, 5.41) is 5.16. The van der Waals surface area contributed by atoms with Crippen molar-refractivity contribution in [2.75, 3.05) is 6.54 Å². The van der Waals surface area contributed by atoms with Crippen LogP contribution in [-0.4, -0.2) is 27.5 Å². The number of rotatable bonds is 3. The first-order chi connectivity index (χ1) is 12.0. The van der Waals surface area contributed by atoms with Gasteiger partial charge < -0.3 is 14.4 Å². The molecule has 0 unspecified atom stereocenters. The minimum atomic E-state index is 0.0627. The van der Waals surface area contributed by atoms with Gasteiger partial charge in [-0.2, -0.15) is 0 Å². The minimum Gasteiger partial charge on any atom is -0.361 e. The van der Waals surface area contributed by atoms with E-state index in [0.29, 0.717) is 11.7 Å². The van der Waals surface area contributed by atoms with Crippen LogP contribution < -0.4 is 0 Å². The van der Waals surface area contributed by atoms with Gasteiger partial charge in [0.05, 0.1) is 18.2 Å². The Balaban J connectivity index is 1.68. The minimum absolute atomic E-state index is 0.0627. The second-order valence-corrected chi connectivity index (χ2v) is 7.20. The van der Waals surface area contributed by atoms with Gasteiger partial charge in [-0.3, -0.25) is 4.79 Å². The van der Waals surface area contributed by atoms with Gasteiger partial charge in [0, 0.05) is 29.2 Å². The van der Waals surface area contributed by atoms with Gasteiger partial charge in [-0.1, -0.05) is 37.2 Å². The number of fused-ring (bicyclic) bond motifs is 3. The molecule has 1 aromatic carbocycles. The SMILES string of the molecule is Cc1cc(CC(=O)N2CCc3c([nH]c4ccccc34)[C@@H]2C(C)C)on1.